The number of benzene rings is 2. The lowest BCUT2D eigenvalue weighted by atomic mass is 10.1. The number of carbonyl (C=O) groups is 2. The number of rotatable bonds is 10. The Morgan fingerprint density at radius 3 is 2.36 bits per heavy atom. The van der Waals surface area contributed by atoms with Gasteiger partial charge in [0.2, 0.25) is 21.8 Å². The molecule has 0 aromatic heterocycles. The monoisotopic (exact) mass is 539 g/mol. The van der Waals surface area contributed by atoms with E-state index in [0.29, 0.717) is 10.7 Å². The zero-order valence-corrected chi connectivity index (χ0v) is 23.2. The van der Waals surface area contributed by atoms with Gasteiger partial charge < -0.3 is 10.2 Å². The molecule has 0 unspecified atom stereocenters. The van der Waals surface area contributed by atoms with Crippen LogP contribution < -0.4 is 9.62 Å². The van der Waals surface area contributed by atoms with Crippen molar-refractivity contribution in [1.82, 2.24) is 10.2 Å². The third-order valence-electron chi connectivity index (χ3n) is 5.56. The topological polar surface area (TPSA) is 86.8 Å². The van der Waals surface area contributed by atoms with E-state index in [4.69, 9.17) is 11.6 Å². The number of hydrogen-bond donors (Lipinski definition) is 1. The van der Waals surface area contributed by atoms with Crippen LogP contribution in [-0.2, 0) is 26.2 Å². The van der Waals surface area contributed by atoms with E-state index in [2.05, 4.69) is 5.32 Å². The molecule has 2 rings (SSSR count). The van der Waals surface area contributed by atoms with Crippen LogP contribution in [0.4, 0.5) is 10.1 Å². The molecule has 10 heteroatoms. The average molecular weight is 540 g/mol. The van der Waals surface area contributed by atoms with Crippen molar-refractivity contribution >= 4 is 39.1 Å². The average Bonchev–Trinajstić information content (AvgIpc) is 2.75. The Kier molecular flexibility index (Phi) is 9.91. The van der Waals surface area contributed by atoms with E-state index in [1.807, 2.05) is 20.8 Å². The molecule has 0 heterocycles. The van der Waals surface area contributed by atoms with Gasteiger partial charge in [0.25, 0.3) is 0 Å². The maximum absolute atomic E-state index is 14.4. The molecule has 0 bridgehead atoms. The Labute approximate surface area is 218 Å². The number of carbonyl (C=O) groups excluding carboxylic acids is 2. The fourth-order valence-corrected chi connectivity index (χ4v) is 4.88. The van der Waals surface area contributed by atoms with E-state index in [-0.39, 0.29) is 43.3 Å². The molecule has 0 aliphatic rings. The number of halogens is 2. The van der Waals surface area contributed by atoms with Crippen LogP contribution in [0.1, 0.15) is 51.7 Å². The summed E-state index contributed by atoms with van der Waals surface area (Å²) in [6.07, 6.45) is 1.25. The summed E-state index contributed by atoms with van der Waals surface area (Å²) in [4.78, 5) is 27.5. The molecular weight excluding hydrogens is 505 g/mol. The smallest absolute Gasteiger partial charge is 0.242 e. The van der Waals surface area contributed by atoms with Gasteiger partial charge in [-0.1, -0.05) is 35.9 Å². The molecule has 0 aliphatic heterocycles. The summed E-state index contributed by atoms with van der Waals surface area (Å²) in [5.41, 5.74) is 0.944. The highest BCUT2D eigenvalue weighted by Gasteiger charge is 2.29. The molecule has 2 aromatic carbocycles. The second-order valence-electron chi connectivity index (χ2n) is 9.90. The predicted molar refractivity (Wildman–Crippen MR) is 142 cm³/mol. The summed E-state index contributed by atoms with van der Waals surface area (Å²) < 4.78 is 40.6. The summed E-state index contributed by atoms with van der Waals surface area (Å²) in [6, 6.07) is 10.2. The van der Waals surface area contributed by atoms with Gasteiger partial charge in [-0.15, -0.1) is 0 Å². The minimum Gasteiger partial charge on any atom is -0.350 e. The minimum absolute atomic E-state index is 0.0345. The van der Waals surface area contributed by atoms with E-state index in [1.54, 1.807) is 50.2 Å². The first-order valence-corrected chi connectivity index (χ1v) is 13.9. The molecule has 36 heavy (non-hydrogen) atoms. The van der Waals surface area contributed by atoms with E-state index >= 15 is 0 Å². The normalized spacial score (nSPS) is 12.7. The van der Waals surface area contributed by atoms with Gasteiger partial charge in [-0.05, 0) is 64.8 Å². The minimum atomic E-state index is -3.64. The number of aryl methyl sites for hydroxylation is 1. The first kappa shape index (κ1) is 29.6. The van der Waals surface area contributed by atoms with Gasteiger partial charge in [0.15, 0.2) is 0 Å². The number of nitrogens with zero attached hydrogens (tertiary/aromatic N) is 2. The van der Waals surface area contributed by atoms with Crippen LogP contribution in [-0.4, -0.2) is 49.5 Å². The van der Waals surface area contributed by atoms with Crippen LogP contribution in [0.2, 0.25) is 5.02 Å². The number of hydrogen-bond acceptors (Lipinski definition) is 4. The van der Waals surface area contributed by atoms with Crippen molar-refractivity contribution in [2.75, 3.05) is 17.1 Å². The summed E-state index contributed by atoms with van der Waals surface area (Å²) in [7, 11) is -3.64. The molecule has 0 spiro atoms. The Hall–Kier alpha value is -2.65. The molecule has 2 aromatic rings. The summed E-state index contributed by atoms with van der Waals surface area (Å²) in [5.74, 6) is -1.22. The Balaban J connectivity index is 2.24. The molecule has 2 amide bonds. The van der Waals surface area contributed by atoms with E-state index < -0.39 is 27.4 Å². The lowest BCUT2D eigenvalue weighted by Crippen LogP contribution is -2.52. The van der Waals surface area contributed by atoms with E-state index in [0.717, 1.165) is 11.8 Å². The predicted octanol–water partition coefficient (Wildman–Crippen LogP) is 4.67. The first-order valence-electron chi connectivity index (χ1n) is 11.7. The number of anilines is 1. The van der Waals surface area contributed by atoms with Crippen molar-refractivity contribution < 1.29 is 22.4 Å². The van der Waals surface area contributed by atoms with Gasteiger partial charge in [0, 0.05) is 35.6 Å². The summed E-state index contributed by atoms with van der Waals surface area (Å²) in [5, 5.41) is 3.25. The van der Waals surface area contributed by atoms with Crippen molar-refractivity contribution in [3.63, 3.8) is 0 Å². The highest BCUT2D eigenvalue weighted by Crippen LogP contribution is 2.27. The lowest BCUT2D eigenvalue weighted by Gasteiger charge is -2.32. The van der Waals surface area contributed by atoms with Crippen molar-refractivity contribution in [1.29, 1.82) is 0 Å². The third-order valence-corrected chi connectivity index (χ3v) is 6.97. The zero-order valence-electron chi connectivity index (χ0n) is 21.6. The van der Waals surface area contributed by atoms with Crippen LogP contribution in [0.15, 0.2) is 42.5 Å². The number of amides is 2. The SMILES string of the molecule is Cc1ccc(Cl)cc1N(CCCC(=O)N(Cc1ccccc1F)[C@H](C)C(=O)NC(C)(C)C)S(C)(=O)=O. The van der Waals surface area contributed by atoms with Gasteiger partial charge in [0.1, 0.15) is 11.9 Å². The molecule has 0 aliphatic carbocycles. The molecule has 0 radical (unpaired) electrons. The zero-order chi connectivity index (χ0) is 27.3. The Morgan fingerprint density at radius 2 is 1.78 bits per heavy atom. The van der Waals surface area contributed by atoms with Crippen LogP contribution in [0.3, 0.4) is 0 Å². The summed E-state index contributed by atoms with van der Waals surface area (Å²) >= 11 is 6.09. The van der Waals surface area contributed by atoms with Crippen molar-refractivity contribution in [3.8, 4) is 0 Å². The summed E-state index contributed by atoms with van der Waals surface area (Å²) in [6.45, 7) is 8.82. The van der Waals surface area contributed by atoms with Gasteiger partial charge in [-0.25, -0.2) is 12.8 Å². The second kappa shape index (κ2) is 12.1. The number of nitrogens with one attached hydrogen (secondary N) is 1. The maximum Gasteiger partial charge on any atom is 0.242 e. The van der Waals surface area contributed by atoms with Gasteiger partial charge in [0.05, 0.1) is 11.9 Å². The molecule has 198 valence electrons. The quantitative estimate of drug-likeness (QED) is 0.475. The van der Waals surface area contributed by atoms with Crippen LogP contribution in [0, 0.1) is 12.7 Å². The van der Waals surface area contributed by atoms with E-state index in [1.165, 1.54) is 15.3 Å². The van der Waals surface area contributed by atoms with Crippen molar-refractivity contribution in [2.45, 2.75) is 65.6 Å². The van der Waals surface area contributed by atoms with Crippen molar-refractivity contribution in [3.05, 3.63) is 64.4 Å². The Bertz CT molecular complexity index is 1200. The lowest BCUT2D eigenvalue weighted by molar-refractivity contribution is -0.141. The molecule has 0 saturated heterocycles. The fraction of sp³-hybridized carbons (Fsp3) is 0.462. The first-order chi connectivity index (χ1) is 16.6. The molecule has 0 fully saturated rings. The van der Waals surface area contributed by atoms with Gasteiger partial charge >= 0.3 is 0 Å². The van der Waals surface area contributed by atoms with E-state index in [9.17, 15) is 22.4 Å². The maximum atomic E-state index is 14.4. The molecule has 0 saturated carbocycles. The third kappa shape index (κ3) is 8.48. The molecule has 1 atom stereocenters. The van der Waals surface area contributed by atoms with Gasteiger partial charge in [-0.2, -0.15) is 0 Å². The fourth-order valence-electron chi connectivity index (χ4n) is 3.70. The molecule has 1 N–H and O–H groups in total. The molecule has 7 nitrogen and oxygen atoms in total. The van der Waals surface area contributed by atoms with Crippen LogP contribution in [0.5, 0.6) is 0 Å². The second-order valence-corrected chi connectivity index (χ2v) is 12.2. The highest BCUT2D eigenvalue weighted by atomic mass is 35.5. The Morgan fingerprint density at radius 1 is 1.14 bits per heavy atom. The molecular formula is C26H35ClFN3O4S. The van der Waals surface area contributed by atoms with Crippen LogP contribution in [0.25, 0.3) is 0 Å². The van der Waals surface area contributed by atoms with Crippen molar-refractivity contribution in [2.24, 2.45) is 0 Å². The number of sulfonamides is 1. The largest absolute Gasteiger partial charge is 0.350 e. The van der Waals surface area contributed by atoms with Gasteiger partial charge in [-0.3, -0.25) is 13.9 Å². The highest BCUT2D eigenvalue weighted by molar-refractivity contribution is 7.92. The van der Waals surface area contributed by atoms with Crippen LogP contribution >= 0.6 is 11.6 Å². The standard InChI is InChI=1S/C26H35ClFN3O4S/c1-18-13-14-21(27)16-23(18)31(36(6,34)35)15-9-12-24(32)30(17-20-10-7-8-11-22(20)28)19(2)25(33)29-26(3,4)5/h7-8,10-11,13-14,16,19H,9,12,15,17H2,1-6H3,(H,29,33)/t19-/m1/s1.